The Balaban J connectivity index is 1.88. The third-order valence-electron chi connectivity index (χ3n) is 4.48. The van der Waals surface area contributed by atoms with E-state index in [9.17, 15) is 9.59 Å². The maximum atomic E-state index is 12.3. The topological polar surface area (TPSA) is 66.8 Å². The first-order valence-corrected chi connectivity index (χ1v) is 8.49. The summed E-state index contributed by atoms with van der Waals surface area (Å²) in [5, 5.41) is 8.84. The number of carboxylic acid groups (broad SMARTS) is 1. The van der Waals surface area contributed by atoms with Crippen molar-refractivity contribution in [1.29, 1.82) is 0 Å². The summed E-state index contributed by atoms with van der Waals surface area (Å²) in [6.07, 6.45) is 1.69. The number of para-hydroxylation sites is 1. The van der Waals surface area contributed by atoms with Crippen molar-refractivity contribution in [2.45, 2.75) is 45.4 Å². The van der Waals surface area contributed by atoms with Gasteiger partial charge in [0.25, 0.3) is 5.91 Å². The van der Waals surface area contributed by atoms with Crippen LogP contribution < -0.4 is 4.74 Å². The summed E-state index contributed by atoms with van der Waals surface area (Å²) in [6, 6.07) is 7.80. The zero-order valence-corrected chi connectivity index (χ0v) is 14.7. The third kappa shape index (κ3) is 4.98. The number of carboxylic acids is 1. The lowest BCUT2D eigenvalue weighted by Crippen LogP contribution is -2.41. The summed E-state index contributed by atoms with van der Waals surface area (Å²) in [4.78, 5) is 24.9. The molecule has 0 atom stereocenters. The summed E-state index contributed by atoms with van der Waals surface area (Å²) < 4.78 is 5.78. The summed E-state index contributed by atoms with van der Waals surface area (Å²) in [6.45, 7) is 7.59. The predicted octanol–water partition coefficient (Wildman–Crippen LogP) is 3.08. The molecule has 0 unspecified atom stereocenters. The van der Waals surface area contributed by atoms with Crippen molar-refractivity contribution < 1.29 is 19.4 Å². The largest absolute Gasteiger partial charge is 0.483 e. The standard InChI is InChI=1S/C19H27NO4/c1-19(2,3)15-6-4-5-7-16(15)24-13-17(21)20-10-8-14(9-11-20)12-18(22)23/h4-7,14H,8-13H2,1-3H3,(H,22,23). The van der Waals surface area contributed by atoms with Gasteiger partial charge in [-0.25, -0.2) is 0 Å². The molecule has 1 fully saturated rings. The van der Waals surface area contributed by atoms with Gasteiger partial charge in [0.05, 0.1) is 0 Å². The molecular weight excluding hydrogens is 306 g/mol. The monoisotopic (exact) mass is 333 g/mol. The van der Waals surface area contributed by atoms with Gasteiger partial charge in [0.1, 0.15) is 5.75 Å². The van der Waals surface area contributed by atoms with E-state index in [1.54, 1.807) is 4.90 Å². The average molecular weight is 333 g/mol. The number of likely N-dealkylation sites (tertiary alicyclic amines) is 1. The third-order valence-corrected chi connectivity index (χ3v) is 4.48. The number of aliphatic carboxylic acids is 1. The minimum Gasteiger partial charge on any atom is -0.483 e. The van der Waals surface area contributed by atoms with Gasteiger partial charge in [0.2, 0.25) is 0 Å². The van der Waals surface area contributed by atoms with Gasteiger partial charge in [-0.3, -0.25) is 9.59 Å². The fourth-order valence-electron chi connectivity index (χ4n) is 3.08. The minimum atomic E-state index is -0.762. The Morgan fingerprint density at radius 3 is 2.42 bits per heavy atom. The van der Waals surface area contributed by atoms with Crippen molar-refractivity contribution in [2.24, 2.45) is 5.92 Å². The van der Waals surface area contributed by atoms with Crippen LogP contribution in [0.25, 0.3) is 0 Å². The van der Waals surface area contributed by atoms with Crippen LogP contribution in [-0.2, 0) is 15.0 Å². The van der Waals surface area contributed by atoms with Gasteiger partial charge in [-0.05, 0) is 35.8 Å². The van der Waals surface area contributed by atoms with E-state index < -0.39 is 5.97 Å². The van der Waals surface area contributed by atoms with Gasteiger partial charge in [0, 0.05) is 19.5 Å². The zero-order chi connectivity index (χ0) is 17.7. The second-order valence-electron chi connectivity index (χ2n) is 7.46. The van der Waals surface area contributed by atoms with Gasteiger partial charge in [0.15, 0.2) is 6.61 Å². The van der Waals surface area contributed by atoms with Gasteiger partial charge in [-0.15, -0.1) is 0 Å². The van der Waals surface area contributed by atoms with Crippen LogP contribution >= 0.6 is 0 Å². The van der Waals surface area contributed by atoms with Crippen LogP contribution in [-0.4, -0.2) is 41.6 Å². The quantitative estimate of drug-likeness (QED) is 0.899. The highest BCUT2D eigenvalue weighted by molar-refractivity contribution is 5.78. The van der Waals surface area contributed by atoms with E-state index in [2.05, 4.69) is 20.8 Å². The second kappa shape index (κ2) is 7.69. The van der Waals surface area contributed by atoms with E-state index in [4.69, 9.17) is 9.84 Å². The van der Waals surface area contributed by atoms with Gasteiger partial charge in [-0.1, -0.05) is 39.0 Å². The van der Waals surface area contributed by atoms with E-state index in [0.29, 0.717) is 13.1 Å². The van der Waals surface area contributed by atoms with Crippen LogP contribution in [0, 0.1) is 5.92 Å². The normalized spacial score (nSPS) is 16.0. The van der Waals surface area contributed by atoms with Crippen LogP contribution in [0.2, 0.25) is 0 Å². The number of nitrogens with zero attached hydrogens (tertiary/aromatic N) is 1. The molecule has 1 aromatic rings. The number of hydrogen-bond donors (Lipinski definition) is 1. The smallest absolute Gasteiger partial charge is 0.303 e. The van der Waals surface area contributed by atoms with Crippen molar-refractivity contribution in [3.05, 3.63) is 29.8 Å². The van der Waals surface area contributed by atoms with Crippen molar-refractivity contribution in [3.63, 3.8) is 0 Å². The molecule has 24 heavy (non-hydrogen) atoms. The first kappa shape index (κ1) is 18.3. The lowest BCUT2D eigenvalue weighted by molar-refractivity contribution is -0.139. The number of carbonyl (C=O) groups is 2. The van der Waals surface area contributed by atoms with Crippen LogP contribution in [0.5, 0.6) is 5.75 Å². The number of benzene rings is 1. The second-order valence-corrected chi connectivity index (χ2v) is 7.46. The van der Waals surface area contributed by atoms with E-state index in [1.165, 1.54) is 0 Å². The predicted molar refractivity (Wildman–Crippen MR) is 92.2 cm³/mol. The summed E-state index contributed by atoms with van der Waals surface area (Å²) in [5.41, 5.74) is 1.03. The lowest BCUT2D eigenvalue weighted by atomic mass is 9.86. The maximum Gasteiger partial charge on any atom is 0.303 e. The van der Waals surface area contributed by atoms with Crippen molar-refractivity contribution in [1.82, 2.24) is 4.90 Å². The molecule has 0 saturated carbocycles. The van der Waals surface area contributed by atoms with E-state index in [0.717, 1.165) is 24.2 Å². The highest BCUT2D eigenvalue weighted by atomic mass is 16.5. The van der Waals surface area contributed by atoms with Crippen LogP contribution in [0.1, 0.15) is 45.6 Å². The van der Waals surface area contributed by atoms with Crippen molar-refractivity contribution in [3.8, 4) is 5.75 Å². The Labute approximate surface area is 143 Å². The number of piperidine rings is 1. The summed E-state index contributed by atoms with van der Waals surface area (Å²) >= 11 is 0. The first-order valence-electron chi connectivity index (χ1n) is 8.49. The van der Waals surface area contributed by atoms with E-state index in [-0.39, 0.29) is 30.3 Å². The van der Waals surface area contributed by atoms with Crippen LogP contribution in [0.4, 0.5) is 0 Å². The zero-order valence-electron chi connectivity index (χ0n) is 14.7. The molecule has 0 bridgehead atoms. The fraction of sp³-hybridized carbons (Fsp3) is 0.579. The molecule has 0 aromatic heterocycles. The number of ether oxygens (including phenoxy) is 1. The molecule has 1 saturated heterocycles. The molecule has 0 radical (unpaired) electrons. The highest BCUT2D eigenvalue weighted by Crippen LogP contribution is 2.31. The molecular formula is C19H27NO4. The molecule has 1 heterocycles. The van der Waals surface area contributed by atoms with Crippen molar-refractivity contribution >= 4 is 11.9 Å². The Morgan fingerprint density at radius 2 is 1.83 bits per heavy atom. The molecule has 0 spiro atoms. The molecule has 5 heteroatoms. The minimum absolute atomic E-state index is 0.0245. The van der Waals surface area contributed by atoms with Gasteiger partial charge >= 0.3 is 5.97 Å². The molecule has 1 N–H and O–H groups in total. The molecule has 5 nitrogen and oxygen atoms in total. The van der Waals surface area contributed by atoms with Crippen LogP contribution in [0.15, 0.2) is 24.3 Å². The Kier molecular flexibility index (Phi) is 5.86. The van der Waals surface area contributed by atoms with Gasteiger partial charge < -0.3 is 14.7 Å². The van der Waals surface area contributed by atoms with E-state index >= 15 is 0 Å². The average Bonchev–Trinajstić information content (AvgIpc) is 2.52. The Hall–Kier alpha value is -2.04. The SMILES string of the molecule is CC(C)(C)c1ccccc1OCC(=O)N1CCC(CC(=O)O)CC1. The van der Waals surface area contributed by atoms with Gasteiger partial charge in [-0.2, -0.15) is 0 Å². The lowest BCUT2D eigenvalue weighted by Gasteiger charge is -2.31. The number of rotatable bonds is 5. The number of amides is 1. The van der Waals surface area contributed by atoms with E-state index in [1.807, 2.05) is 24.3 Å². The Morgan fingerprint density at radius 1 is 1.21 bits per heavy atom. The van der Waals surface area contributed by atoms with Crippen LogP contribution in [0.3, 0.4) is 0 Å². The number of hydrogen-bond acceptors (Lipinski definition) is 3. The molecule has 132 valence electrons. The fourth-order valence-corrected chi connectivity index (χ4v) is 3.08. The first-order chi connectivity index (χ1) is 11.3. The number of carbonyl (C=O) groups excluding carboxylic acids is 1. The molecule has 1 aromatic carbocycles. The molecule has 1 amide bonds. The summed E-state index contributed by atoms with van der Waals surface area (Å²) in [7, 11) is 0. The highest BCUT2D eigenvalue weighted by Gasteiger charge is 2.25. The summed E-state index contributed by atoms with van der Waals surface area (Å²) in [5.74, 6) is 0.127. The molecule has 1 aliphatic heterocycles. The molecule has 2 rings (SSSR count). The Bertz CT molecular complexity index is 583. The molecule has 0 aliphatic carbocycles. The van der Waals surface area contributed by atoms with Crippen molar-refractivity contribution in [2.75, 3.05) is 19.7 Å². The molecule has 1 aliphatic rings. The maximum absolute atomic E-state index is 12.3.